The van der Waals surface area contributed by atoms with Crippen molar-refractivity contribution >= 4 is 23.4 Å². The minimum absolute atomic E-state index is 0.0270. The minimum Gasteiger partial charge on any atom is -0.345 e. The highest BCUT2D eigenvalue weighted by atomic mass is 35.5. The van der Waals surface area contributed by atoms with Crippen LogP contribution in [0.15, 0.2) is 54.6 Å². The number of amides is 2. The summed E-state index contributed by atoms with van der Waals surface area (Å²) in [5.74, 6) is -2.07. The maximum absolute atomic E-state index is 14.3. The molecule has 1 unspecified atom stereocenters. The van der Waals surface area contributed by atoms with E-state index in [-0.39, 0.29) is 33.8 Å². The summed E-state index contributed by atoms with van der Waals surface area (Å²) in [4.78, 5) is 30.5. The maximum Gasteiger partial charge on any atom is 0.256 e. The molecule has 2 aliphatic heterocycles. The summed E-state index contributed by atoms with van der Waals surface area (Å²) in [7, 11) is 0. The Morgan fingerprint density at radius 1 is 0.905 bits per heavy atom. The highest BCUT2D eigenvalue weighted by molar-refractivity contribution is 6.33. The molecule has 1 N–H and O–H groups in total. The summed E-state index contributed by atoms with van der Waals surface area (Å²) in [6.45, 7) is 3.37. The molecular weight excluding hydrogens is 563 g/mol. The average molecular weight is 596 g/mol. The van der Waals surface area contributed by atoms with Gasteiger partial charge in [0.1, 0.15) is 17.5 Å². The van der Waals surface area contributed by atoms with Gasteiger partial charge in [0.05, 0.1) is 16.6 Å². The van der Waals surface area contributed by atoms with E-state index in [0.717, 1.165) is 62.4 Å². The Morgan fingerprint density at radius 2 is 1.64 bits per heavy atom. The zero-order valence-corrected chi connectivity index (χ0v) is 24.0. The summed E-state index contributed by atoms with van der Waals surface area (Å²) < 4.78 is 42.0. The zero-order chi connectivity index (χ0) is 29.4. The number of likely N-dealkylation sites (tertiary alicyclic amines) is 2. The molecular formula is C33H33ClF3N3O2. The van der Waals surface area contributed by atoms with Crippen molar-refractivity contribution in [1.82, 2.24) is 15.1 Å². The van der Waals surface area contributed by atoms with Gasteiger partial charge in [-0.25, -0.2) is 13.2 Å². The lowest BCUT2D eigenvalue weighted by molar-refractivity contribution is 0.0283. The molecule has 1 atom stereocenters. The smallest absolute Gasteiger partial charge is 0.256 e. The quantitative estimate of drug-likeness (QED) is 0.357. The van der Waals surface area contributed by atoms with E-state index in [2.05, 4.69) is 10.2 Å². The lowest BCUT2D eigenvalue weighted by Gasteiger charge is -2.47. The number of fused-ring (bicyclic) bond motifs is 1. The Kier molecular flexibility index (Phi) is 8.03. The van der Waals surface area contributed by atoms with Gasteiger partial charge in [-0.1, -0.05) is 23.7 Å². The van der Waals surface area contributed by atoms with Gasteiger partial charge in [0.2, 0.25) is 0 Å². The first-order chi connectivity index (χ1) is 20.2. The standard InChI is InChI=1S/C33H33ClF3N3O2/c34-26-2-1-3-28(37)30(26)31(41)38-29-9-6-21-4-5-22(19-25(21)29)32(42)40-16-12-33(13-17-40)10-14-39(15-11-33)20-23-18-24(35)7-8-27(23)36/h1-5,7-8,18-19,29H,6,9-17,20H2,(H,38,41). The van der Waals surface area contributed by atoms with Crippen LogP contribution in [0.5, 0.6) is 0 Å². The molecule has 2 saturated heterocycles. The van der Waals surface area contributed by atoms with E-state index in [1.165, 1.54) is 30.3 Å². The highest BCUT2D eigenvalue weighted by Gasteiger charge is 2.39. The molecule has 0 radical (unpaired) electrons. The van der Waals surface area contributed by atoms with E-state index in [1.807, 2.05) is 23.1 Å². The minimum atomic E-state index is -0.670. The molecule has 220 valence electrons. The lowest BCUT2D eigenvalue weighted by atomic mass is 9.71. The SMILES string of the molecule is O=C(NC1CCc2ccc(C(=O)N3CCC4(CCN(Cc5cc(F)ccc5F)CC4)CC3)cc21)c1c(F)cccc1Cl. The summed E-state index contributed by atoms with van der Waals surface area (Å²) in [5.41, 5.74) is 2.92. The Hall–Kier alpha value is -3.36. The number of piperidine rings is 2. The molecule has 1 spiro atoms. The molecule has 3 aromatic rings. The number of hydrogen-bond donors (Lipinski definition) is 1. The van der Waals surface area contributed by atoms with Crippen LogP contribution in [0.25, 0.3) is 0 Å². The number of halogens is 4. The molecule has 1 aliphatic carbocycles. The summed E-state index contributed by atoms with van der Waals surface area (Å²) >= 11 is 6.09. The topological polar surface area (TPSA) is 52.7 Å². The number of aryl methyl sites for hydroxylation is 1. The highest BCUT2D eigenvalue weighted by Crippen LogP contribution is 2.42. The van der Waals surface area contributed by atoms with Crippen molar-refractivity contribution in [1.29, 1.82) is 0 Å². The fraction of sp³-hybridized carbons (Fsp3) is 0.394. The molecule has 0 saturated carbocycles. The first kappa shape index (κ1) is 28.7. The van der Waals surface area contributed by atoms with Crippen LogP contribution >= 0.6 is 11.6 Å². The molecule has 2 fully saturated rings. The fourth-order valence-corrected chi connectivity index (χ4v) is 7.04. The fourth-order valence-electron chi connectivity index (χ4n) is 6.79. The van der Waals surface area contributed by atoms with Crippen LogP contribution in [0.1, 0.15) is 75.6 Å². The van der Waals surface area contributed by atoms with Crippen molar-refractivity contribution in [3.63, 3.8) is 0 Å². The molecule has 0 aromatic heterocycles. The van der Waals surface area contributed by atoms with Crippen LogP contribution in [-0.2, 0) is 13.0 Å². The number of hydrogen-bond acceptors (Lipinski definition) is 3. The van der Waals surface area contributed by atoms with E-state index in [0.29, 0.717) is 37.2 Å². The molecule has 0 bridgehead atoms. The molecule has 5 nitrogen and oxygen atoms in total. The number of nitrogens with zero attached hydrogens (tertiary/aromatic N) is 2. The molecule has 42 heavy (non-hydrogen) atoms. The van der Waals surface area contributed by atoms with Gasteiger partial charge in [0.25, 0.3) is 11.8 Å². The van der Waals surface area contributed by atoms with Crippen molar-refractivity contribution < 1.29 is 22.8 Å². The molecule has 3 aliphatic rings. The molecule has 3 aromatic carbocycles. The number of rotatable bonds is 5. The van der Waals surface area contributed by atoms with Gasteiger partial charge in [-0.2, -0.15) is 0 Å². The Labute approximate surface area is 248 Å². The second kappa shape index (κ2) is 11.7. The number of nitrogens with one attached hydrogen (secondary N) is 1. The van der Waals surface area contributed by atoms with Crippen molar-refractivity contribution in [2.24, 2.45) is 5.41 Å². The van der Waals surface area contributed by atoms with E-state index in [4.69, 9.17) is 11.6 Å². The lowest BCUT2D eigenvalue weighted by Crippen LogP contribution is -2.48. The monoisotopic (exact) mass is 595 g/mol. The number of carbonyl (C=O) groups is 2. The third-order valence-corrected chi connectivity index (χ3v) is 9.71. The van der Waals surface area contributed by atoms with E-state index < -0.39 is 17.5 Å². The van der Waals surface area contributed by atoms with Crippen LogP contribution in [0.3, 0.4) is 0 Å². The van der Waals surface area contributed by atoms with Crippen molar-refractivity contribution in [3.8, 4) is 0 Å². The van der Waals surface area contributed by atoms with Crippen LogP contribution in [0.2, 0.25) is 5.02 Å². The van der Waals surface area contributed by atoms with Crippen LogP contribution < -0.4 is 5.32 Å². The number of carbonyl (C=O) groups excluding carboxylic acids is 2. The van der Waals surface area contributed by atoms with E-state index in [9.17, 15) is 22.8 Å². The van der Waals surface area contributed by atoms with Gasteiger partial charge in [0, 0.05) is 30.8 Å². The first-order valence-corrected chi connectivity index (χ1v) is 14.9. The molecule has 2 heterocycles. The number of benzene rings is 3. The Balaban J connectivity index is 1.06. The average Bonchev–Trinajstić information content (AvgIpc) is 3.38. The maximum atomic E-state index is 14.3. The zero-order valence-electron chi connectivity index (χ0n) is 23.3. The van der Waals surface area contributed by atoms with Gasteiger partial charge in [-0.05, 0) is 111 Å². The molecule has 9 heteroatoms. The van der Waals surface area contributed by atoms with Crippen LogP contribution in [-0.4, -0.2) is 47.8 Å². The Morgan fingerprint density at radius 3 is 2.38 bits per heavy atom. The summed E-state index contributed by atoms with van der Waals surface area (Å²) in [6, 6.07) is 13.1. The van der Waals surface area contributed by atoms with Gasteiger partial charge in [-0.15, -0.1) is 0 Å². The van der Waals surface area contributed by atoms with Gasteiger partial charge < -0.3 is 10.2 Å². The van der Waals surface area contributed by atoms with Crippen molar-refractivity contribution in [2.45, 2.75) is 51.1 Å². The second-order valence-electron chi connectivity index (χ2n) is 11.9. The predicted molar refractivity (Wildman–Crippen MR) is 155 cm³/mol. The Bertz CT molecular complexity index is 1490. The van der Waals surface area contributed by atoms with Crippen molar-refractivity contribution in [2.75, 3.05) is 26.2 Å². The molecule has 6 rings (SSSR count). The van der Waals surface area contributed by atoms with Gasteiger partial charge in [0.15, 0.2) is 0 Å². The van der Waals surface area contributed by atoms with Gasteiger partial charge in [-0.3, -0.25) is 14.5 Å². The summed E-state index contributed by atoms with van der Waals surface area (Å²) in [6.07, 6.45) is 5.19. The first-order valence-electron chi connectivity index (χ1n) is 14.5. The third-order valence-electron chi connectivity index (χ3n) is 9.40. The predicted octanol–water partition coefficient (Wildman–Crippen LogP) is 6.69. The van der Waals surface area contributed by atoms with Gasteiger partial charge >= 0.3 is 0 Å². The van der Waals surface area contributed by atoms with Crippen LogP contribution in [0, 0.1) is 22.9 Å². The normalized spacial score (nSPS) is 20.0. The third kappa shape index (κ3) is 5.79. The van der Waals surface area contributed by atoms with Crippen LogP contribution in [0.4, 0.5) is 13.2 Å². The summed E-state index contributed by atoms with van der Waals surface area (Å²) in [5, 5.41) is 2.97. The van der Waals surface area contributed by atoms with E-state index >= 15 is 0 Å². The van der Waals surface area contributed by atoms with E-state index in [1.54, 1.807) is 0 Å². The van der Waals surface area contributed by atoms with Crippen molar-refractivity contribution in [3.05, 3.63) is 105 Å². The molecule has 2 amide bonds. The largest absolute Gasteiger partial charge is 0.345 e. The second-order valence-corrected chi connectivity index (χ2v) is 12.3.